The molecule has 1 aromatic carbocycles. The van der Waals surface area contributed by atoms with Gasteiger partial charge in [0.2, 0.25) is 5.91 Å². The van der Waals surface area contributed by atoms with Gasteiger partial charge in [-0.05, 0) is 44.2 Å². The second-order valence-electron chi connectivity index (χ2n) is 5.02. The van der Waals surface area contributed by atoms with Gasteiger partial charge in [0.1, 0.15) is 0 Å². The van der Waals surface area contributed by atoms with Crippen molar-refractivity contribution in [2.45, 2.75) is 30.2 Å². The molecule has 1 N–H and O–H groups in total. The molecule has 3 nitrogen and oxygen atoms in total. The van der Waals surface area contributed by atoms with Crippen LogP contribution in [0.4, 0.5) is 0 Å². The molecule has 0 radical (unpaired) electrons. The highest BCUT2D eigenvalue weighted by Gasteiger charge is 2.21. The van der Waals surface area contributed by atoms with E-state index in [0.29, 0.717) is 12.5 Å². The third kappa shape index (κ3) is 4.69. The molecule has 1 aliphatic heterocycles. The van der Waals surface area contributed by atoms with Gasteiger partial charge in [0.05, 0.1) is 0 Å². The molecule has 0 aliphatic carbocycles. The number of benzene rings is 1. The van der Waals surface area contributed by atoms with E-state index in [4.69, 9.17) is 11.6 Å². The fourth-order valence-corrected chi connectivity index (χ4v) is 3.35. The number of thioether (sulfide) groups is 1. The minimum atomic E-state index is 0.270. The second kappa shape index (κ2) is 7.91. The van der Waals surface area contributed by atoms with Gasteiger partial charge in [-0.2, -0.15) is 0 Å². The maximum atomic E-state index is 12.2. The molecule has 0 spiro atoms. The lowest BCUT2D eigenvalue weighted by molar-refractivity contribution is -0.132. The van der Waals surface area contributed by atoms with Crippen LogP contribution >= 0.6 is 23.4 Å². The van der Waals surface area contributed by atoms with Crippen molar-refractivity contribution in [2.24, 2.45) is 0 Å². The minimum absolute atomic E-state index is 0.270. The average Bonchev–Trinajstić information content (AvgIpc) is 2.49. The normalized spacial score (nSPS) is 19.1. The van der Waals surface area contributed by atoms with E-state index in [0.717, 1.165) is 35.2 Å². The van der Waals surface area contributed by atoms with E-state index in [1.807, 2.05) is 36.2 Å². The van der Waals surface area contributed by atoms with Crippen LogP contribution in [-0.4, -0.2) is 42.7 Å². The van der Waals surface area contributed by atoms with Gasteiger partial charge in [0.25, 0.3) is 0 Å². The molecule has 1 saturated heterocycles. The van der Waals surface area contributed by atoms with Gasteiger partial charge >= 0.3 is 0 Å². The SMILES string of the molecule is CNC1CCCN(C(=O)CCSc2ccc(Cl)cc2)C1. The first kappa shape index (κ1) is 15.7. The van der Waals surface area contributed by atoms with Crippen LogP contribution in [0, 0.1) is 0 Å². The van der Waals surface area contributed by atoms with Crippen LogP contribution in [0.15, 0.2) is 29.2 Å². The van der Waals surface area contributed by atoms with Crippen molar-refractivity contribution in [1.82, 2.24) is 10.2 Å². The summed E-state index contributed by atoms with van der Waals surface area (Å²) in [6, 6.07) is 8.21. The largest absolute Gasteiger partial charge is 0.341 e. The van der Waals surface area contributed by atoms with Crippen molar-refractivity contribution in [3.8, 4) is 0 Å². The highest BCUT2D eigenvalue weighted by atomic mass is 35.5. The number of nitrogens with one attached hydrogen (secondary N) is 1. The lowest BCUT2D eigenvalue weighted by Gasteiger charge is -2.32. The fraction of sp³-hybridized carbons (Fsp3) is 0.533. The summed E-state index contributed by atoms with van der Waals surface area (Å²) in [5.41, 5.74) is 0. The zero-order valence-corrected chi connectivity index (χ0v) is 13.3. The molecule has 1 atom stereocenters. The molecule has 0 aromatic heterocycles. The molecule has 1 aliphatic rings. The Balaban J connectivity index is 1.73. The number of rotatable bonds is 5. The quantitative estimate of drug-likeness (QED) is 0.848. The third-order valence-electron chi connectivity index (χ3n) is 3.58. The van der Waals surface area contributed by atoms with Crippen LogP contribution in [0.1, 0.15) is 19.3 Å². The number of carbonyl (C=O) groups excluding carboxylic acids is 1. The lowest BCUT2D eigenvalue weighted by atomic mass is 10.1. The maximum Gasteiger partial charge on any atom is 0.223 e. The second-order valence-corrected chi connectivity index (χ2v) is 6.62. The molecule has 110 valence electrons. The zero-order chi connectivity index (χ0) is 14.4. The molecule has 5 heteroatoms. The van der Waals surface area contributed by atoms with Crippen molar-refractivity contribution in [3.05, 3.63) is 29.3 Å². The predicted octanol–water partition coefficient (Wildman–Crippen LogP) is 3.03. The van der Waals surface area contributed by atoms with E-state index >= 15 is 0 Å². The molecule has 1 amide bonds. The van der Waals surface area contributed by atoms with Crippen LogP contribution in [0.25, 0.3) is 0 Å². The van der Waals surface area contributed by atoms with E-state index in [2.05, 4.69) is 5.32 Å². The predicted molar refractivity (Wildman–Crippen MR) is 85.5 cm³/mol. The smallest absolute Gasteiger partial charge is 0.223 e. The number of nitrogens with zero attached hydrogens (tertiary/aromatic N) is 1. The van der Waals surface area contributed by atoms with E-state index in [1.54, 1.807) is 11.8 Å². The Labute approximate surface area is 130 Å². The number of hydrogen-bond acceptors (Lipinski definition) is 3. The highest BCUT2D eigenvalue weighted by molar-refractivity contribution is 7.99. The van der Waals surface area contributed by atoms with Crippen LogP contribution < -0.4 is 5.32 Å². The number of piperidine rings is 1. The molecular formula is C15H21ClN2OS. The monoisotopic (exact) mass is 312 g/mol. The molecule has 1 unspecified atom stereocenters. The molecule has 1 fully saturated rings. The Kier molecular flexibility index (Phi) is 6.20. The van der Waals surface area contributed by atoms with E-state index in [1.165, 1.54) is 6.42 Å². The first-order valence-corrected chi connectivity index (χ1v) is 8.39. The van der Waals surface area contributed by atoms with Crippen molar-refractivity contribution in [3.63, 3.8) is 0 Å². The number of carbonyl (C=O) groups is 1. The first-order valence-electron chi connectivity index (χ1n) is 7.02. The fourth-order valence-electron chi connectivity index (χ4n) is 2.38. The zero-order valence-electron chi connectivity index (χ0n) is 11.8. The molecule has 20 heavy (non-hydrogen) atoms. The van der Waals surface area contributed by atoms with Crippen molar-refractivity contribution in [1.29, 1.82) is 0 Å². The highest BCUT2D eigenvalue weighted by Crippen LogP contribution is 2.21. The maximum absolute atomic E-state index is 12.2. The van der Waals surface area contributed by atoms with Crippen molar-refractivity contribution < 1.29 is 4.79 Å². The Morgan fingerprint density at radius 2 is 2.20 bits per heavy atom. The van der Waals surface area contributed by atoms with Crippen LogP contribution in [0.2, 0.25) is 5.02 Å². The first-order chi connectivity index (χ1) is 9.69. The van der Waals surface area contributed by atoms with Crippen molar-refractivity contribution in [2.75, 3.05) is 25.9 Å². The topological polar surface area (TPSA) is 32.3 Å². The summed E-state index contributed by atoms with van der Waals surface area (Å²) >= 11 is 7.56. The molecule has 1 heterocycles. The van der Waals surface area contributed by atoms with Gasteiger partial charge in [-0.25, -0.2) is 0 Å². The van der Waals surface area contributed by atoms with Gasteiger partial charge in [0.15, 0.2) is 0 Å². The number of halogens is 1. The summed E-state index contributed by atoms with van der Waals surface area (Å²) in [6.07, 6.45) is 2.87. The van der Waals surface area contributed by atoms with Gasteiger partial charge in [-0.15, -0.1) is 11.8 Å². The Bertz CT molecular complexity index is 438. The van der Waals surface area contributed by atoms with Crippen molar-refractivity contribution >= 4 is 29.3 Å². The van der Waals surface area contributed by atoms with E-state index in [9.17, 15) is 4.79 Å². The summed E-state index contributed by atoms with van der Waals surface area (Å²) in [5.74, 6) is 1.09. The summed E-state index contributed by atoms with van der Waals surface area (Å²) < 4.78 is 0. The standard InChI is InChI=1S/C15H21ClN2OS/c1-17-13-3-2-9-18(11-13)15(19)8-10-20-14-6-4-12(16)5-7-14/h4-7,13,17H,2-3,8-11H2,1H3. The van der Waals surface area contributed by atoms with Crippen LogP contribution in [-0.2, 0) is 4.79 Å². The van der Waals surface area contributed by atoms with Gasteiger partial charge in [0, 0.05) is 41.2 Å². The summed E-state index contributed by atoms with van der Waals surface area (Å²) in [7, 11) is 1.97. The molecule has 0 saturated carbocycles. The number of likely N-dealkylation sites (tertiary alicyclic amines) is 1. The Morgan fingerprint density at radius 3 is 2.90 bits per heavy atom. The number of hydrogen-bond donors (Lipinski definition) is 1. The van der Waals surface area contributed by atoms with Gasteiger partial charge in [-0.3, -0.25) is 4.79 Å². The third-order valence-corrected chi connectivity index (χ3v) is 4.85. The summed E-state index contributed by atoms with van der Waals surface area (Å²) in [5, 5.41) is 4.01. The summed E-state index contributed by atoms with van der Waals surface area (Å²) in [4.78, 5) is 15.3. The number of likely N-dealkylation sites (N-methyl/N-ethyl adjacent to an activating group) is 1. The van der Waals surface area contributed by atoms with E-state index in [-0.39, 0.29) is 5.91 Å². The van der Waals surface area contributed by atoms with Gasteiger partial charge in [-0.1, -0.05) is 11.6 Å². The average molecular weight is 313 g/mol. The molecule has 1 aromatic rings. The Hall–Kier alpha value is -0.710. The number of amides is 1. The van der Waals surface area contributed by atoms with Crippen LogP contribution in [0.5, 0.6) is 0 Å². The summed E-state index contributed by atoms with van der Waals surface area (Å²) in [6.45, 7) is 1.75. The van der Waals surface area contributed by atoms with Crippen LogP contribution in [0.3, 0.4) is 0 Å². The molecular weight excluding hydrogens is 292 g/mol. The van der Waals surface area contributed by atoms with Gasteiger partial charge < -0.3 is 10.2 Å². The minimum Gasteiger partial charge on any atom is -0.341 e. The molecule has 0 bridgehead atoms. The Morgan fingerprint density at radius 1 is 1.45 bits per heavy atom. The molecule has 2 rings (SSSR count). The lowest BCUT2D eigenvalue weighted by Crippen LogP contribution is -2.47. The van der Waals surface area contributed by atoms with E-state index < -0.39 is 0 Å².